The fourth-order valence-corrected chi connectivity index (χ4v) is 3.16. The monoisotopic (exact) mass is 371 g/mol. The third kappa shape index (κ3) is 4.53. The average Bonchev–Trinajstić information content (AvgIpc) is 2.47. The summed E-state index contributed by atoms with van der Waals surface area (Å²) in [5, 5.41) is 2.91. The van der Waals surface area contributed by atoms with Crippen molar-refractivity contribution in [2.24, 2.45) is 5.92 Å². The summed E-state index contributed by atoms with van der Waals surface area (Å²) in [6.07, 6.45) is 4.37. The van der Waals surface area contributed by atoms with Gasteiger partial charge in [-0.2, -0.15) is 0 Å². The molecule has 0 unspecified atom stereocenters. The molecule has 1 fully saturated rings. The van der Waals surface area contributed by atoms with Crippen LogP contribution in [0, 0.1) is 11.7 Å². The van der Waals surface area contributed by atoms with Gasteiger partial charge in [0.2, 0.25) is 0 Å². The molecule has 0 aromatic heterocycles. The van der Waals surface area contributed by atoms with Gasteiger partial charge in [-0.3, -0.25) is 4.79 Å². The number of benzene rings is 1. The molecule has 1 saturated carbocycles. The molecule has 0 aliphatic heterocycles. The molecule has 1 aliphatic carbocycles. The quantitative estimate of drug-likeness (QED) is 0.824. The molecule has 4 nitrogen and oxygen atoms in total. The zero-order valence-electron chi connectivity index (χ0n) is 12.4. The van der Waals surface area contributed by atoms with Crippen molar-refractivity contribution in [3.05, 3.63) is 34.1 Å². The van der Waals surface area contributed by atoms with E-state index in [0.717, 1.165) is 19.3 Å². The van der Waals surface area contributed by atoms with Gasteiger partial charge in [-0.1, -0.05) is 19.8 Å². The largest absolute Gasteiger partial charge is 0.452 e. The molecule has 6 heteroatoms. The lowest BCUT2D eigenvalue weighted by atomic mass is 9.86. The first-order chi connectivity index (χ1) is 10.5. The summed E-state index contributed by atoms with van der Waals surface area (Å²) < 4.78 is 18.3. The third-order valence-electron chi connectivity index (χ3n) is 3.94. The van der Waals surface area contributed by atoms with Crippen molar-refractivity contribution in [2.45, 2.75) is 38.6 Å². The minimum Gasteiger partial charge on any atom is -0.452 e. The van der Waals surface area contributed by atoms with Crippen molar-refractivity contribution in [3.8, 4) is 0 Å². The first-order valence-electron chi connectivity index (χ1n) is 7.39. The van der Waals surface area contributed by atoms with Crippen LogP contribution in [-0.4, -0.2) is 24.5 Å². The Labute approximate surface area is 137 Å². The van der Waals surface area contributed by atoms with E-state index in [9.17, 15) is 14.0 Å². The molecule has 1 aromatic rings. The number of amides is 1. The predicted octanol–water partition coefficient (Wildman–Crippen LogP) is 3.44. The van der Waals surface area contributed by atoms with Crippen LogP contribution in [0.3, 0.4) is 0 Å². The Balaban J connectivity index is 1.84. The number of ether oxygens (including phenoxy) is 1. The second-order valence-corrected chi connectivity index (χ2v) is 6.49. The number of carbonyl (C=O) groups is 2. The zero-order valence-corrected chi connectivity index (χ0v) is 14.0. The van der Waals surface area contributed by atoms with Crippen LogP contribution < -0.4 is 5.32 Å². The molecular formula is C16H19BrFNO3. The Morgan fingerprint density at radius 1 is 1.36 bits per heavy atom. The highest BCUT2D eigenvalue weighted by atomic mass is 79.9. The van der Waals surface area contributed by atoms with Crippen LogP contribution in [0.1, 0.15) is 43.0 Å². The van der Waals surface area contributed by atoms with Gasteiger partial charge in [0.25, 0.3) is 5.91 Å². The zero-order chi connectivity index (χ0) is 16.1. The van der Waals surface area contributed by atoms with Crippen LogP contribution in [0.15, 0.2) is 22.7 Å². The Morgan fingerprint density at radius 2 is 2.09 bits per heavy atom. The number of rotatable bonds is 4. The molecule has 120 valence electrons. The Bertz CT molecular complexity index is 564. The topological polar surface area (TPSA) is 55.4 Å². The molecule has 2 atom stereocenters. The summed E-state index contributed by atoms with van der Waals surface area (Å²) in [5.41, 5.74) is 0.195. The lowest BCUT2D eigenvalue weighted by Crippen LogP contribution is -2.42. The molecule has 1 N–H and O–H groups in total. The summed E-state index contributed by atoms with van der Waals surface area (Å²) in [6.45, 7) is 1.79. The number of hydrogen-bond acceptors (Lipinski definition) is 3. The van der Waals surface area contributed by atoms with Gasteiger partial charge in [0.15, 0.2) is 6.61 Å². The highest BCUT2D eigenvalue weighted by molar-refractivity contribution is 9.10. The maximum atomic E-state index is 13.0. The lowest BCUT2D eigenvalue weighted by molar-refractivity contribution is -0.125. The van der Waals surface area contributed by atoms with Crippen LogP contribution in [0.5, 0.6) is 0 Å². The molecule has 0 saturated heterocycles. The SMILES string of the molecule is C[C@H]1CCCC[C@H]1NC(=O)COC(=O)c1ccc(F)cc1Br. The summed E-state index contributed by atoms with van der Waals surface area (Å²) >= 11 is 3.10. The fraction of sp³-hybridized carbons (Fsp3) is 0.500. The molecular weight excluding hydrogens is 353 g/mol. The van der Waals surface area contributed by atoms with E-state index in [0.29, 0.717) is 10.4 Å². The van der Waals surface area contributed by atoms with Crippen LogP contribution >= 0.6 is 15.9 Å². The molecule has 1 amide bonds. The van der Waals surface area contributed by atoms with Gasteiger partial charge in [-0.25, -0.2) is 9.18 Å². The molecule has 0 heterocycles. The van der Waals surface area contributed by atoms with Crippen LogP contribution in [0.25, 0.3) is 0 Å². The summed E-state index contributed by atoms with van der Waals surface area (Å²) in [4.78, 5) is 23.8. The predicted molar refractivity (Wildman–Crippen MR) is 83.9 cm³/mol. The van der Waals surface area contributed by atoms with Gasteiger partial charge in [-0.05, 0) is 52.9 Å². The molecule has 0 bridgehead atoms. The lowest BCUT2D eigenvalue weighted by Gasteiger charge is -2.29. The Hall–Kier alpha value is -1.43. The molecule has 2 rings (SSSR count). The second kappa shape index (κ2) is 7.72. The number of carbonyl (C=O) groups excluding carboxylic acids is 2. The highest BCUT2D eigenvalue weighted by Crippen LogP contribution is 2.23. The van der Waals surface area contributed by atoms with Crippen LogP contribution in [0.2, 0.25) is 0 Å². The first-order valence-corrected chi connectivity index (χ1v) is 8.18. The van der Waals surface area contributed by atoms with E-state index in [1.165, 1.54) is 24.6 Å². The normalized spacial score (nSPS) is 21.2. The second-order valence-electron chi connectivity index (χ2n) is 5.64. The van der Waals surface area contributed by atoms with E-state index >= 15 is 0 Å². The standard InChI is InChI=1S/C16H19BrFNO3/c1-10-4-2-3-5-14(10)19-15(20)9-22-16(21)12-7-6-11(18)8-13(12)17/h6-8,10,14H,2-5,9H2,1H3,(H,19,20)/t10-,14+/m0/s1. The van der Waals surface area contributed by atoms with Crippen molar-refractivity contribution in [3.63, 3.8) is 0 Å². The van der Waals surface area contributed by atoms with Crippen molar-refractivity contribution in [2.75, 3.05) is 6.61 Å². The maximum Gasteiger partial charge on any atom is 0.339 e. The van der Waals surface area contributed by atoms with E-state index in [1.54, 1.807) is 0 Å². The Morgan fingerprint density at radius 3 is 2.77 bits per heavy atom. The van der Waals surface area contributed by atoms with Crippen molar-refractivity contribution in [1.82, 2.24) is 5.32 Å². The maximum absolute atomic E-state index is 13.0. The molecule has 1 aliphatic rings. The van der Waals surface area contributed by atoms with E-state index < -0.39 is 11.8 Å². The minimum atomic E-state index is -0.654. The summed E-state index contributed by atoms with van der Waals surface area (Å²) in [5.74, 6) is -0.962. The summed E-state index contributed by atoms with van der Waals surface area (Å²) in [6, 6.07) is 3.83. The van der Waals surface area contributed by atoms with Crippen molar-refractivity contribution >= 4 is 27.8 Å². The molecule has 0 radical (unpaired) electrons. The van der Waals surface area contributed by atoms with Crippen LogP contribution in [-0.2, 0) is 9.53 Å². The van der Waals surface area contributed by atoms with Gasteiger partial charge >= 0.3 is 5.97 Å². The van der Waals surface area contributed by atoms with Crippen molar-refractivity contribution in [1.29, 1.82) is 0 Å². The van der Waals surface area contributed by atoms with Gasteiger partial charge in [0, 0.05) is 10.5 Å². The average molecular weight is 372 g/mol. The highest BCUT2D eigenvalue weighted by Gasteiger charge is 2.23. The third-order valence-corrected chi connectivity index (χ3v) is 4.60. The molecule has 22 heavy (non-hydrogen) atoms. The smallest absolute Gasteiger partial charge is 0.339 e. The number of halogens is 2. The van der Waals surface area contributed by atoms with E-state index in [1.807, 2.05) is 0 Å². The molecule has 0 spiro atoms. The number of nitrogens with one attached hydrogen (secondary N) is 1. The van der Waals surface area contributed by atoms with E-state index in [2.05, 4.69) is 28.2 Å². The molecule has 1 aromatic carbocycles. The first kappa shape index (κ1) is 16.9. The van der Waals surface area contributed by atoms with E-state index in [-0.39, 0.29) is 24.1 Å². The fourth-order valence-electron chi connectivity index (χ4n) is 2.64. The van der Waals surface area contributed by atoms with Gasteiger partial charge in [-0.15, -0.1) is 0 Å². The summed E-state index contributed by atoms with van der Waals surface area (Å²) in [7, 11) is 0. The van der Waals surface area contributed by atoms with Gasteiger partial charge in [0.1, 0.15) is 5.82 Å². The van der Waals surface area contributed by atoms with E-state index in [4.69, 9.17) is 4.74 Å². The van der Waals surface area contributed by atoms with Gasteiger partial charge < -0.3 is 10.1 Å². The minimum absolute atomic E-state index is 0.150. The van der Waals surface area contributed by atoms with Gasteiger partial charge in [0.05, 0.1) is 5.56 Å². The number of esters is 1. The van der Waals surface area contributed by atoms with Crippen LogP contribution in [0.4, 0.5) is 4.39 Å². The number of hydrogen-bond donors (Lipinski definition) is 1. The Kier molecular flexibility index (Phi) is 5.94. The van der Waals surface area contributed by atoms with Crippen molar-refractivity contribution < 1.29 is 18.7 Å².